The van der Waals surface area contributed by atoms with Gasteiger partial charge in [-0.2, -0.15) is 0 Å². The van der Waals surface area contributed by atoms with Crippen molar-refractivity contribution in [3.63, 3.8) is 0 Å². The Labute approximate surface area is 234 Å². The molecule has 6 nitrogen and oxygen atoms in total. The number of piperidine rings is 1. The summed E-state index contributed by atoms with van der Waals surface area (Å²) in [5.74, 6) is 1.97. The third kappa shape index (κ3) is 4.59. The molecule has 6 rings (SSSR count). The number of nitrogens with two attached hydrogens (primary N) is 1. The van der Waals surface area contributed by atoms with Gasteiger partial charge >= 0.3 is 12.1 Å². The summed E-state index contributed by atoms with van der Waals surface area (Å²) in [6.07, 6.45) is 10.9. The summed E-state index contributed by atoms with van der Waals surface area (Å²) in [7, 11) is 0. The average molecular weight is 537 g/mol. The summed E-state index contributed by atoms with van der Waals surface area (Å²) in [4.78, 5) is 26.9. The van der Waals surface area contributed by atoms with Crippen molar-refractivity contribution in [2.75, 3.05) is 13.1 Å². The fourth-order valence-electron chi connectivity index (χ4n) is 10.9. The van der Waals surface area contributed by atoms with Crippen LogP contribution in [0.15, 0.2) is 30.3 Å². The van der Waals surface area contributed by atoms with Crippen molar-refractivity contribution in [2.24, 2.45) is 52.1 Å². The molecule has 1 aliphatic heterocycles. The minimum Gasteiger partial charge on any atom is -0.481 e. The van der Waals surface area contributed by atoms with Gasteiger partial charge in [-0.25, -0.2) is 4.79 Å². The van der Waals surface area contributed by atoms with Crippen LogP contribution >= 0.6 is 0 Å². The van der Waals surface area contributed by atoms with Crippen LogP contribution in [0.25, 0.3) is 0 Å². The van der Waals surface area contributed by atoms with Crippen LogP contribution in [0.3, 0.4) is 0 Å². The van der Waals surface area contributed by atoms with E-state index in [4.69, 9.17) is 10.5 Å². The lowest BCUT2D eigenvalue weighted by Crippen LogP contribution is -2.59. The first-order valence-corrected chi connectivity index (χ1v) is 15.6. The number of aliphatic carboxylic acids is 1. The first-order valence-electron chi connectivity index (χ1n) is 15.6. The molecule has 1 aromatic carbocycles. The van der Waals surface area contributed by atoms with Crippen molar-refractivity contribution in [1.29, 1.82) is 0 Å². The Morgan fingerprint density at radius 2 is 1.62 bits per heavy atom. The van der Waals surface area contributed by atoms with E-state index in [0.29, 0.717) is 29.6 Å². The number of benzene rings is 1. The van der Waals surface area contributed by atoms with Crippen molar-refractivity contribution >= 4 is 12.1 Å². The van der Waals surface area contributed by atoms with Crippen molar-refractivity contribution in [3.8, 4) is 0 Å². The van der Waals surface area contributed by atoms with Gasteiger partial charge in [0.25, 0.3) is 0 Å². The summed E-state index contributed by atoms with van der Waals surface area (Å²) in [5, 5.41) is 9.94. The molecule has 3 N–H and O–H groups in total. The zero-order valence-electron chi connectivity index (χ0n) is 23.9. The Kier molecular flexibility index (Phi) is 7.01. The molecule has 0 bridgehead atoms. The molecule has 1 heterocycles. The molecule has 5 aliphatic rings. The van der Waals surface area contributed by atoms with E-state index >= 15 is 0 Å². The molecule has 3 unspecified atom stereocenters. The molecule has 214 valence electrons. The third-order valence-corrected chi connectivity index (χ3v) is 12.9. The van der Waals surface area contributed by atoms with Crippen LogP contribution in [0.2, 0.25) is 0 Å². The number of fused-ring (bicyclic) bond motifs is 5. The highest BCUT2D eigenvalue weighted by Crippen LogP contribution is 2.68. The Bertz CT molecular complexity index is 1070. The van der Waals surface area contributed by atoms with Gasteiger partial charge in [-0.1, -0.05) is 44.2 Å². The molecule has 6 heteroatoms. The molecule has 5 fully saturated rings. The second-order valence-corrected chi connectivity index (χ2v) is 14.4. The fraction of sp³-hybridized carbons (Fsp3) is 0.758. The molecule has 8 atom stereocenters. The highest BCUT2D eigenvalue weighted by molar-refractivity contribution is 5.71. The van der Waals surface area contributed by atoms with Crippen LogP contribution in [-0.4, -0.2) is 40.8 Å². The number of carboxylic acids is 1. The Morgan fingerprint density at radius 1 is 0.897 bits per heavy atom. The number of primary amides is 1. The monoisotopic (exact) mass is 536 g/mol. The maximum absolute atomic E-state index is 12.3. The van der Waals surface area contributed by atoms with E-state index in [1.54, 1.807) is 0 Å². The smallest absolute Gasteiger partial charge is 0.405 e. The van der Waals surface area contributed by atoms with Crippen LogP contribution in [0.1, 0.15) is 90.0 Å². The lowest BCUT2D eigenvalue weighted by molar-refractivity contribution is -0.173. The minimum atomic E-state index is -0.613. The number of hydrogen-bond donors (Lipinski definition) is 2. The molecule has 0 aromatic heterocycles. The minimum absolute atomic E-state index is 0.0442. The van der Waals surface area contributed by atoms with E-state index in [0.717, 1.165) is 77.4 Å². The lowest BCUT2D eigenvalue weighted by Gasteiger charge is -2.63. The molecule has 39 heavy (non-hydrogen) atoms. The summed E-state index contributed by atoms with van der Waals surface area (Å²) in [6.45, 7) is 7.84. The molecular formula is C33H48N2O4. The number of carbonyl (C=O) groups is 2. The van der Waals surface area contributed by atoms with E-state index in [2.05, 4.69) is 49.1 Å². The van der Waals surface area contributed by atoms with Gasteiger partial charge in [0, 0.05) is 12.5 Å². The zero-order valence-corrected chi connectivity index (χ0v) is 23.9. The summed E-state index contributed by atoms with van der Waals surface area (Å²) >= 11 is 0. The van der Waals surface area contributed by atoms with Crippen LogP contribution in [0.4, 0.5) is 4.79 Å². The zero-order chi connectivity index (χ0) is 27.4. The number of carbonyl (C=O) groups excluding carboxylic acids is 1. The van der Waals surface area contributed by atoms with Crippen molar-refractivity contribution in [3.05, 3.63) is 35.9 Å². The van der Waals surface area contributed by atoms with E-state index < -0.39 is 17.7 Å². The van der Waals surface area contributed by atoms with Crippen LogP contribution < -0.4 is 5.73 Å². The Hall–Kier alpha value is -2.08. The summed E-state index contributed by atoms with van der Waals surface area (Å²) in [5.41, 5.74) is 6.85. The van der Waals surface area contributed by atoms with Gasteiger partial charge in [0.1, 0.15) is 5.60 Å². The SMILES string of the molecule is C[C@]12CCC(OC(N)=O)(C3CCN(Cc4ccccc4)CC3)CC1CC[C@@H]1[C@@H]2CC[C@]2(C)C(C(=O)O)CC[C@@H]12. The van der Waals surface area contributed by atoms with E-state index in [9.17, 15) is 14.7 Å². The molecule has 1 saturated heterocycles. The fourth-order valence-corrected chi connectivity index (χ4v) is 10.9. The quantitative estimate of drug-likeness (QED) is 0.449. The van der Waals surface area contributed by atoms with E-state index in [1.165, 1.54) is 18.4 Å². The average Bonchev–Trinajstić information content (AvgIpc) is 3.27. The summed E-state index contributed by atoms with van der Waals surface area (Å²) in [6, 6.07) is 10.7. The second-order valence-electron chi connectivity index (χ2n) is 14.4. The first-order chi connectivity index (χ1) is 18.6. The van der Waals surface area contributed by atoms with Gasteiger partial charge in [-0.05, 0) is 124 Å². The third-order valence-electron chi connectivity index (χ3n) is 12.9. The summed E-state index contributed by atoms with van der Waals surface area (Å²) < 4.78 is 6.18. The van der Waals surface area contributed by atoms with Crippen molar-refractivity contribution < 1.29 is 19.4 Å². The number of likely N-dealkylation sites (tertiary alicyclic amines) is 1. The highest BCUT2D eigenvalue weighted by atomic mass is 16.6. The second kappa shape index (κ2) is 10.1. The number of nitrogens with zero attached hydrogens (tertiary/aromatic N) is 1. The molecule has 0 spiro atoms. The van der Waals surface area contributed by atoms with Crippen LogP contribution in [0.5, 0.6) is 0 Å². The molecule has 1 aromatic rings. The molecule has 0 radical (unpaired) electrons. The number of carboxylic acid groups (broad SMARTS) is 1. The van der Waals surface area contributed by atoms with Gasteiger partial charge in [-0.15, -0.1) is 0 Å². The topological polar surface area (TPSA) is 92.9 Å². The van der Waals surface area contributed by atoms with Gasteiger partial charge in [0.15, 0.2) is 0 Å². The molecule has 4 aliphatic carbocycles. The number of amides is 1. The lowest BCUT2D eigenvalue weighted by atomic mass is 9.43. The predicted molar refractivity (Wildman–Crippen MR) is 151 cm³/mol. The van der Waals surface area contributed by atoms with Gasteiger partial charge in [0.2, 0.25) is 0 Å². The van der Waals surface area contributed by atoms with Gasteiger partial charge in [0.05, 0.1) is 5.92 Å². The Morgan fingerprint density at radius 3 is 2.31 bits per heavy atom. The normalized spacial score (nSPS) is 42.7. The number of ether oxygens (including phenoxy) is 1. The van der Waals surface area contributed by atoms with Crippen LogP contribution in [0, 0.1) is 46.3 Å². The van der Waals surface area contributed by atoms with E-state index in [-0.39, 0.29) is 16.7 Å². The Balaban J connectivity index is 1.16. The number of rotatable bonds is 5. The number of hydrogen-bond acceptors (Lipinski definition) is 4. The molecule has 4 saturated carbocycles. The predicted octanol–water partition coefficient (Wildman–Crippen LogP) is 6.48. The van der Waals surface area contributed by atoms with Crippen molar-refractivity contribution in [1.82, 2.24) is 4.90 Å². The largest absolute Gasteiger partial charge is 0.481 e. The van der Waals surface area contributed by atoms with E-state index in [1.807, 2.05) is 0 Å². The van der Waals surface area contributed by atoms with Gasteiger partial charge in [-0.3, -0.25) is 9.69 Å². The highest BCUT2D eigenvalue weighted by Gasteiger charge is 2.63. The maximum Gasteiger partial charge on any atom is 0.405 e. The standard InChI is InChI=1S/C33H48N2O4/c1-31-16-17-33(39-30(34)38,23-13-18-35(19-14-23)21-22-6-4-3-5-7-22)20-24(31)8-9-25-26-10-11-28(29(36)37)32(26,2)15-12-27(25)31/h3-7,23-28H,8-21H2,1-2H3,(H2,34,38)(H,36,37)/t24?,25-,26-,27-,28?,31-,32-,33?/m0/s1. The maximum atomic E-state index is 12.3. The first kappa shape index (κ1) is 27.1. The van der Waals surface area contributed by atoms with Gasteiger partial charge < -0.3 is 15.6 Å². The molecular weight excluding hydrogens is 488 g/mol. The van der Waals surface area contributed by atoms with Crippen molar-refractivity contribution in [2.45, 2.75) is 96.6 Å². The van der Waals surface area contributed by atoms with Crippen LogP contribution in [-0.2, 0) is 16.1 Å². The molecule has 1 amide bonds.